The summed E-state index contributed by atoms with van der Waals surface area (Å²) in [5.74, 6) is -0.206. The fourth-order valence-corrected chi connectivity index (χ4v) is 3.35. The predicted octanol–water partition coefficient (Wildman–Crippen LogP) is 5.20. The monoisotopic (exact) mass is 355 g/mol. The number of amides is 1. The molecule has 0 aliphatic heterocycles. The lowest BCUT2D eigenvalue weighted by Crippen LogP contribution is -2.13. The summed E-state index contributed by atoms with van der Waals surface area (Å²) < 4.78 is 1.82. The summed E-state index contributed by atoms with van der Waals surface area (Å²) in [5.41, 5.74) is 6.45. The van der Waals surface area contributed by atoms with E-state index in [1.165, 1.54) is 5.56 Å². The fourth-order valence-electron chi connectivity index (χ4n) is 3.35. The average molecular weight is 355 g/mol. The van der Waals surface area contributed by atoms with Crippen LogP contribution >= 0.6 is 0 Å². The van der Waals surface area contributed by atoms with Gasteiger partial charge in [-0.05, 0) is 62.2 Å². The number of fused-ring (bicyclic) bond motifs is 1. The Balaban J connectivity index is 1.77. The molecule has 0 radical (unpaired) electrons. The second kappa shape index (κ2) is 6.72. The molecule has 0 aliphatic carbocycles. The SMILES string of the molecule is Cc1ccc(-n2nc(C(=O)Nc3cc(C)cc(C)c3)c3ccccc32)cc1. The normalized spacial score (nSPS) is 10.9. The number of carbonyl (C=O) groups excluding carboxylic acids is 1. The number of nitrogens with zero attached hydrogens (tertiary/aromatic N) is 2. The highest BCUT2D eigenvalue weighted by Gasteiger charge is 2.18. The molecule has 0 saturated heterocycles. The summed E-state index contributed by atoms with van der Waals surface area (Å²) in [6, 6.07) is 21.9. The minimum absolute atomic E-state index is 0.206. The summed E-state index contributed by atoms with van der Waals surface area (Å²) in [4.78, 5) is 13.0. The minimum Gasteiger partial charge on any atom is -0.321 e. The first-order chi connectivity index (χ1) is 13.0. The molecule has 3 aromatic carbocycles. The molecule has 0 aliphatic rings. The molecule has 0 atom stereocenters. The van der Waals surface area contributed by atoms with E-state index >= 15 is 0 Å². The van der Waals surface area contributed by atoms with Crippen molar-refractivity contribution in [2.24, 2.45) is 0 Å². The lowest BCUT2D eigenvalue weighted by Gasteiger charge is -2.06. The van der Waals surface area contributed by atoms with E-state index in [1.54, 1.807) is 0 Å². The summed E-state index contributed by atoms with van der Waals surface area (Å²) in [6.45, 7) is 6.09. The van der Waals surface area contributed by atoms with Gasteiger partial charge in [0.2, 0.25) is 0 Å². The highest BCUT2D eigenvalue weighted by Crippen LogP contribution is 2.24. The summed E-state index contributed by atoms with van der Waals surface area (Å²) in [7, 11) is 0. The molecule has 0 bridgehead atoms. The number of carbonyl (C=O) groups is 1. The first kappa shape index (κ1) is 17.0. The van der Waals surface area contributed by atoms with Gasteiger partial charge in [-0.3, -0.25) is 4.79 Å². The molecule has 1 N–H and O–H groups in total. The molecule has 4 heteroatoms. The Labute approximate surface area is 158 Å². The minimum atomic E-state index is -0.206. The molecular formula is C23H21N3O. The van der Waals surface area contributed by atoms with Crippen LogP contribution < -0.4 is 5.32 Å². The maximum atomic E-state index is 13.0. The van der Waals surface area contributed by atoms with Crippen molar-refractivity contribution in [3.63, 3.8) is 0 Å². The molecule has 0 saturated carbocycles. The summed E-state index contributed by atoms with van der Waals surface area (Å²) >= 11 is 0. The molecule has 1 amide bonds. The van der Waals surface area contributed by atoms with Crippen LogP contribution in [0, 0.1) is 20.8 Å². The summed E-state index contributed by atoms with van der Waals surface area (Å²) in [6.07, 6.45) is 0. The van der Waals surface area contributed by atoms with Gasteiger partial charge in [0.1, 0.15) is 0 Å². The van der Waals surface area contributed by atoms with Gasteiger partial charge in [-0.2, -0.15) is 5.10 Å². The van der Waals surface area contributed by atoms with Crippen LogP contribution in [0.4, 0.5) is 5.69 Å². The largest absolute Gasteiger partial charge is 0.321 e. The van der Waals surface area contributed by atoms with Gasteiger partial charge in [0, 0.05) is 11.1 Å². The molecular weight excluding hydrogens is 334 g/mol. The third-order valence-electron chi connectivity index (χ3n) is 4.56. The van der Waals surface area contributed by atoms with Crippen molar-refractivity contribution < 1.29 is 4.79 Å². The van der Waals surface area contributed by atoms with Crippen molar-refractivity contribution in [2.45, 2.75) is 20.8 Å². The molecule has 4 rings (SSSR count). The number of benzene rings is 3. The number of hydrogen-bond donors (Lipinski definition) is 1. The molecule has 4 nitrogen and oxygen atoms in total. The van der Waals surface area contributed by atoms with E-state index in [4.69, 9.17) is 0 Å². The Hall–Kier alpha value is -3.40. The quantitative estimate of drug-likeness (QED) is 0.549. The second-order valence-electron chi connectivity index (χ2n) is 6.94. The van der Waals surface area contributed by atoms with E-state index in [0.29, 0.717) is 5.69 Å². The third kappa shape index (κ3) is 3.34. The molecule has 1 aromatic heterocycles. The maximum Gasteiger partial charge on any atom is 0.276 e. The number of aryl methyl sites for hydroxylation is 3. The molecule has 1 heterocycles. The van der Waals surface area contributed by atoms with Crippen LogP contribution in [0.15, 0.2) is 66.7 Å². The van der Waals surface area contributed by atoms with Crippen molar-refractivity contribution in [1.29, 1.82) is 0 Å². The van der Waals surface area contributed by atoms with E-state index in [0.717, 1.165) is 33.4 Å². The van der Waals surface area contributed by atoms with Gasteiger partial charge >= 0.3 is 0 Å². The van der Waals surface area contributed by atoms with Gasteiger partial charge in [-0.1, -0.05) is 42.0 Å². The Bertz CT molecular complexity index is 1120. The Kier molecular flexibility index (Phi) is 4.24. The van der Waals surface area contributed by atoms with Gasteiger partial charge in [0.25, 0.3) is 5.91 Å². The van der Waals surface area contributed by atoms with Crippen LogP contribution in [0.25, 0.3) is 16.6 Å². The fraction of sp³-hybridized carbons (Fsp3) is 0.130. The van der Waals surface area contributed by atoms with Crippen LogP contribution in [0.1, 0.15) is 27.2 Å². The Morgan fingerprint density at radius 3 is 2.22 bits per heavy atom. The highest BCUT2D eigenvalue weighted by atomic mass is 16.2. The number of para-hydroxylation sites is 1. The van der Waals surface area contributed by atoms with E-state index in [2.05, 4.69) is 16.5 Å². The third-order valence-corrected chi connectivity index (χ3v) is 4.56. The highest BCUT2D eigenvalue weighted by molar-refractivity contribution is 6.11. The van der Waals surface area contributed by atoms with Crippen LogP contribution in [0.2, 0.25) is 0 Å². The number of rotatable bonds is 3. The Morgan fingerprint density at radius 1 is 0.852 bits per heavy atom. The van der Waals surface area contributed by atoms with Crippen LogP contribution in [-0.4, -0.2) is 15.7 Å². The van der Waals surface area contributed by atoms with Crippen molar-refractivity contribution in [2.75, 3.05) is 5.32 Å². The van der Waals surface area contributed by atoms with Gasteiger partial charge in [-0.25, -0.2) is 4.68 Å². The lowest BCUT2D eigenvalue weighted by molar-refractivity contribution is 0.102. The standard InChI is InChI=1S/C23H21N3O/c1-15-8-10-19(11-9-15)26-21-7-5-4-6-20(21)22(25-26)23(27)24-18-13-16(2)12-17(3)14-18/h4-14H,1-3H3,(H,24,27). The zero-order valence-corrected chi connectivity index (χ0v) is 15.7. The molecule has 0 spiro atoms. The number of aromatic nitrogens is 2. The van der Waals surface area contributed by atoms with Crippen molar-refractivity contribution in [3.05, 3.63) is 89.1 Å². The van der Waals surface area contributed by atoms with Crippen LogP contribution in [-0.2, 0) is 0 Å². The van der Waals surface area contributed by atoms with Gasteiger partial charge in [-0.15, -0.1) is 0 Å². The molecule has 4 aromatic rings. The predicted molar refractivity (Wildman–Crippen MR) is 110 cm³/mol. The molecule has 134 valence electrons. The van der Waals surface area contributed by atoms with E-state index in [9.17, 15) is 4.79 Å². The second-order valence-corrected chi connectivity index (χ2v) is 6.94. The number of nitrogens with one attached hydrogen (secondary N) is 1. The lowest BCUT2D eigenvalue weighted by atomic mass is 10.1. The summed E-state index contributed by atoms with van der Waals surface area (Å²) in [5, 5.41) is 8.46. The van der Waals surface area contributed by atoms with Gasteiger partial charge < -0.3 is 5.32 Å². The smallest absolute Gasteiger partial charge is 0.276 e. The Morgan fingerprint density at radius 2 is 1.52 bits per heavy atom. The van der Waals surface area contributed by atoms with E-state index in [-0.39, 0.29) is 5.91 Å². The van der Waals surface area contributed by atoms with Gasteiger partial charge in [0.05, 0.1) is 11.2 Å². The first-order valence-corrected chi connectivity index (χ1v) is 8.96. The molecule has 0 fully saturated rings. The van der Waals surface area contributed by atoms with Crippen molar-refractivity contribution in [1.82, 2.24) is 9.78 Å². The maximum absolute atomic E-state index is 13.0. The molecule has 0 unspecified atom stereocenters. The topological polar surface area (TPSA) is 46.9 Å². The molecule has 27 heavy (non-hydrogen) atoms. The van der Waals surface area contributed by atoms with Crippen LogP contribution in [0.3, 0.4) is 0 Å². The number of hydrogen-bond acceptors (Lipinski definition) is 2. The number of anilines is 1. The zero-order chi connectivity index (χ0) is 19.0. The van der Waals surface area contributed by atoms with E-state index in [1.807, 2.05) is 86.1 Å². The first-order valence-electron chi connectivity index (χ1n) is 8.96. The van der Waals surface area contributed by atoms with Crippen molar-refractivity contribution in [3.8, 4) is 5.69 Å². The van der Waals surface area contributed by atoms with Gasteiger partial charge in [0.15, 0.2) is 5.69 Å². The van der Waals surface area contributed by atoms with Crippen molar-refractivity contribution >= 4 is 22.5 Å². The zero-order valence-electron chi connectivity index (χ0n) is 15.7. The average Bonchev–Trinajstić information content (AvgIpc) is 3.01. The van der Waals surface area contributed by atoms with Crippen LogP contribution in [0.5, 0.6) is 0 Å². The van der Waals surface area contributed by atoms with E-state index < -0.39 is 0 Å².